The molecule has 2 N–H and O–H groups in total. The summed E-state index contributed by atoms with van der Waals surface area (Å²) in [5.41, 5.74) is 8.15. The second-order valence-corrected chi connectivity index (χ2v) is 52.3. The van der Waals surface area contributed by atoms with Crippen LogP contribution in [0.4, 0.5) is 0 Å². The molecule has 3 heteroatoms. The molecule has 2 fully saturated rings. The van der Waals surface area contributed by atoms with E-state index in [4.69, 9.17) is 5.73 Å². The van der Waals surface area contributed by atoms with Gasteiger partial charge < -0.3 is 0 Å². The van der Waals surface area contributed by atoms with Gasteiger partial charge in [-0.1, -0.05) is 0 Å². The van der Waals surface area contributed by atoms with E-state index in [1.165, 1.54) is 69.8 Å². The van der Waals surface area contributed by atoms with E-state index in [1.807, 2.05) is 0 Å². The van der Waals surface area contributed by atoms with Crippen LogP contribution in [-0.4, -0.2) is 6.54 Å². The summed E-state index contributed by atoms with van der Waals surface area (Å²) in [5.74, 6) is 0. The van der Waals surface area contributed by atoms with Crippen molar-refractivity contribution in [2.24, 2.45) is 5.73 Å². The summed E-state index contributed by atoms with van der Waals surface area (Å²) in [7, 11) is -2.41. The Morgan fingerprint density at radius 1 is 0.568 bits per heavy atom. The van der Waals surface area contributed by atoms with Crippen LogP contribution in [0, 0.1) is 0 Å². The summed E-state index contributed by atoms with van der Waals surface area (Å²) < 4.78 is 6.70. The number of nitrogens with two attached hydrogens (primary N) is 1. The first-order valence-corrected chi connectivity index (χ1v) is 27.5. The van der Waals surface area contributed by atoms with E-state index < -0.39 is 8.94 Å². The van der Waals surface area contributed by atoms with E-state index in [1.54, 1.807) is 12.1 Å². The summed E-state index contributed by atoms with van der Waals surface area (Å²) in [6.45, 7) is 17.0. The van der Waals surface area contributed by atoms with E-state index in [2.05, 4.69) is 134 Å². The first kappa shape index (κ1) is 34.1. The fourth-order valence-electron chi connectivity index (χ4n) is 13.2. The molecule has 0 heterocycles. The third kappa shape index (κ3) is 2.15. The van der Waals surface area contributed by atoms with Gasteiger partial charge in [0.15, 0.2) is 0 Å². The predicted octanol–water partition coefficient (Wildman–Crippen LogP) is 11.1. The molecule has 2 saturated carbocycles. The first-order valence-electron chi connectivity index (χ1n) is 17.6. The van der Waals surface area contributed by atoms with Crippen molar-refractivity contribution in [1.29, 1.82) is 0 Å². The average molecular weight is 709 g/mol. The molecule has 1 unspecified atom stereocenters. The molecule has 0 spiro atoms. The number of hydrogen-bond acceptors (Lipinski definition) is 1. The van der Waals surface area contributed by atoms with Crippen LogP contribution in [-0.2, 0) is 15.4 Å². The number of hydrogen-bond donors (Lipinski definition) is 1. The van der Waals surface area contributed by atoms with Gasteiger partial charge in [-0.15, -0.1) is 0 Å². The van der Waals surface area contributed by atoms with Gasteiger partial charge in [0.2, 0.25) is 0 Å². The Morgan fingerprint density at radius 3 is 1.30 bits per heavy atom. The van der Waals surface area contributed by atoms with Crippen LogP contribution in [0.3, 0.4) is 0 Å². The Morgan fingerprint density at radius 2 is 0.932 bits per heavy atom. The van der Waals surface area contributed by atoms with Crippen LogP contribution >= 0.6 is 7.43 Å². The van der Waals surface area contributed by atoms with Gasteiger partial charge in [0.1, 0.15) is 0 Å². The number of benzene rings is 3. The molecule has 2 aliphatic carbocycles. The second kappa shape index (κ2) is 8.99. The predicted molar refractivity (Wildman–Crippen MR) is 200 cm³/mol. The van der Waals surface area contributed by atoms with Crippen molar-refractivity contribution >= 4 is 19.5 Å². The summed E-state index contributed by atoms with van der Waals surface area (Å²) in [4.78, 5) is 0. The Labute approximate surface area is 264 Å². The summed E-state index contributed by atoms with van der Waals surface area (Å²) in [6.07, 6.45) is 13.8. The molecule has 1 nitrogen and oxygen atoms in total. The Kier molecular flexibility index (Phi) is 6.96. The van der Waals surface area contributed by atoms with E-state index in [0.29, 0.717) is 15.3 Å². The Hall–Kier alpha value is -1.29. The Bertz CT molecular complexity index is 1500. The van der Waals surface area contributed by atoms with Crippen LogP contribution in [0.15, 0.2) is 84.9 Å². The van der Waals surface area contributed by atoms with Crippen LogP contribution in [0.2, 0.25) is 22.0 Å². The van der Waals surface area contributed by atoms with E-state index >= 15 is 0 Å². The minimum atomic E-state index is -6.82. The zero-order valence-electron chi connectivity index (χ0n) is 28.9. The van der Waals surface area contributed by atoms with Crippen molar-refractivity contribution in [2.45, 2.75) is 134 Å². The molecule has 0 radical (unpaired) electrons. The summed E-state index contributed by atoms with van der Waals surface area (Å²) >= 11 is 0. The molecule has 0 aromatic heterocycles. The minimum absolute atomic E-state index is 0.284. The van der Waals surface area contributed by atoms with Gasteiger partial charge in [0, 0.05) is 0 Å². The van der Waals surface area contributed by atoms with Gasteiger partial charge in [-0.25, -0.2) is 0 Å². The van der Waals surface area contributed by atoms with Crippen molar-refractivity contribution < 1.29 is 8.94 Å². The normalized spacial score (nSPS) is 22.4. The average Bonchev–Trinajstić information content (AvgIpc) is 3.07. The molecule has 0 aliphatic heterocycles. The molecule has 249 valence electrons. The van der Waals surface area contributed by atoms with Gasteiger partial charge in [-0.05, 0) is 0 Å². The van der Waals surface area contributed by atoms with Crippen molar-refractivity contribution in [2.75, 3.05) is 6.54 Å². The quantitative estimate of drug-likeness (QED) is 0.165. The molecule has 3 aromatic rings. The van der Waals surface area contributed by atoms with Crippen molar-refractivity contribution in [3.05, 3.63) is 90.5 Å². The van der Waals surface area contributed by atoms with Crippen LogP contribution in [0.5, 0.6) is 0 Å². The molecule has 44 heavy (non-hydrogen) atoms. The molecular formula is C41H65NPPd. The molecule has 3 aromatic carbocycles. The molecule has 0 bridgehead atoms. The van der Waals surface area contributed by atoms with Crippen LogP contribution < -0.4 is 17.8 Å². The van der Waals surface area contributed by atoms with Gasteiger partial charge in [0.25, 0.3) is 0 Å². The molecule has 5 rings (SSSR count). The van der Waals surface area contributed by atoms with Gasteiger partial charge in [-0.3, -0.25) is 0 Å². The number of rotatable bonds is 10. The van der Waals surface area contributed by atoms with Crippen molar-refractivity contribution in [3.8, 4) is 0 Å². The second-order valence-electron chi connectivity index (χ2n) is 15.3. The van der Waals surface area contributed by atoms with Gasteiger partial charge in [0.05, 0.1) is 0 Å². The van der Waals surface area contributed by atoms with Crippen molar-refractivity contribution in [3.63, 3.8) is 0 Å². The van der Waals surface area contributed by atoms with Crippen LogP contribution in [0.25, 0.3) is 0 Å². The zero-order valence-corrected chi connectivity index (χ0v) is 31.6. The fraction of sp³-hybridized carbons (Fsp3) is 0.561. The zero-order chi connectivity index (χ0) is 31.9. The van der Waals surface area contributed by atoms with E-state index in [9.17, 15) is 0 Å². The van der Waals surface area contributed by atoms with Gasteiger partial charge in [-0.2, -0.15) is 0 Å². The fourth-order valence-corrected chi connectivity index (χ4v) is 67.4. The van der Waals surface area contributed by atoms with E-state index in [-0.39, 0.29) is 13.2 Å². The maximum atomic E-state index is 6.66. The monoisotopic (exact) mass is 708 g/mol. The third-order valence-electron chi connectivity index (χ3n) is 15.2. The standard InChI is InChI=1S/C8H10N.2C6H11.2C6H5.3C3H7.H2P.Pd/c9-7-6-8-4-2-1-3-5-8;4*1-2-4-6-5-3-1;3*1-3-2;;/h1-4H,6-7,9H2;2*1H,2-6H2;2*1-5H;3*3H,1-2H3;1H2;/q;;;;;;;;-1;+1. The molecular weight excluding hydrogens is 644 g/mol. The summed E-state index contributed by atoms with van der Waals surface area (Å²) in [5, 5.41) is 0. The first-order chi connectivity index (χ1) is 20.9. The Balaban J connectivity index is 2.57. The molecule has 2 aliphatic rings. The molecule has 0 amide bonds. The topological polar surface area (TPSA) is 26.0 Å². The maximum absolute atomic E-state index is 6.82. The van der Waals surface area contributed by atoms with Gasteiger partial charge >= 0.3 is 265 Å². The molecule has 1 atom stereocenters. The third-order valence-corrected chi connectivity index (χ3v) is 80.0. The summed E-state index contributed by atoms with van der Waals surface area (Å²) in [6, 6.07) is 34.7. The molecule has 0 saturated heterocycles. The van der Waals surface area contributed by atoms with Crippen molar-refractivity contribution in [1.82, 2.24) is 0 Å². The van der Waals surface area contributed by atoms with Crippen LogP contribution in [0.1, 0.15) is 111 Å². The van der Waals surface area contributed by atoms with E-state index in [0.717, 1.165) is 6.42 Å². The SMILES string of the molecule is C[CH](C)[Pd]([PH2])([c]1ccccc1)([c]1ccccc1)([c]1ccccc1CCN)([CH](C)C)([CH](C)C)([CH]1CCCCC1)[CH]1CCCCC1.